The number of benzene rings is 1. The Labute approximate surface area is 119 Å². The maximum atomic E-state index is 12.9. The SMILES string of the molecule is CCOC(=O)CC(Cc1ccc(F)cc1)NCCCO. The number of carbonyl (C=O) groups excluding carboxylic acids is 1. The summed E-state index contributed by atoms with van der Waals surface area (Å²) in [4.78, 5) is 11.6. The maximum Gasteiger partial charge on any atom is 0.307 e. The summed E-state index contributed by atoms with van der Waals surface area (Å²) in [5.41, 5.74) is 0.956. The summed E-state index contributed by atoms with van der Waals surface area (Å²) in [6.07, 6.45) is 1.50. The van der Waals surface area contributed by atoms with Crippen molar-refractivity contribution in [3.8, 4) is 0 Å². The van der Waals surface area contributed by atoms with E-state index in [2.05, 4.69) is 5.32 Å². The quantitative estimate of drug-likeness (QED) is 0.534. The fourth-order valence-electron chi connectivity index (χ4n) is 1.93. The number of hydrogen-bond donors (Lipinski definition) is 2. The van der Waals surface area contributed by atoms with Crippen molar-refractivity contribution in [3.05, 3.63) is 35.6 Å². The van der Waals surface area contributed by atoms with Crippen LogP contribution >= 0.6 is 0 Å². The Balaban J connectivity index is 2.56. The van der Waals surface area contributed by atoms with Gasteiger partial charge in [0.1, 0.15) is 5.82 Å². The first-order valence-electron chi connectivity index (χ1n) is 6.90. The van der Waals surface area contributed by atoms with E-state index in [4.69, 9.17) is 9.84 Å². The standard InChI is InChI=1S/C15H22FNO3/c1-2-20-15(19)11-14(17-8-3-9-18)10-12-4-6-13(16)7-5-12/h4-7,14,17-18H,2-3,8-11H2,1H3. The molecule has 5 heteroatoms. The first-order chi connectivity index (χ1) is 9.65. The fourth-order valence-corrected chi connectivity index (χ4v) is 1.93. The van der Waals surface area contributed by atoms with Crippen molar-refractivity contribution in [2.45, 2.75) is 32.2 Å². The van der Waals surface area contributed by atoms with Crippen molar-refractivity contribution < 1.29 is 19.0 Å². The number of aliphatic hydroxyl groups is 1. The normalized spacial score (nSPS) is 12.2. The Bertz CT molecular complexity index is 395. The van der Waals surface area contributed by atoms with E-state index in [9.17, 15) is 9.18 Å². The lowest BCUT2D eigenvalue weighted by atomic mass is 10.0. The minimum atomic E-state index is -0.274. The van der Waals surface area contributed by atoms with Gasteiger partial charge in [-0.1, -0.05) is 12.1 Å². The zero-order valence-corrected chi connectivity index (χ0v) is 11.8. The van der Waals surface area contributed by atoms with E-state index in [0.717, 1.165) is 5.56 Å². The van der Waals surface area contributed by atoms with E-state index in [1.807, 2.05) is 0 Å². The van der Waals surface area contributed by atoms with Gasteiger partial charge in [0, 0.05) is 12.6 Å². The summed E-state index contributed by atoms with van der Waals surface area (Å²) < 4.78 is 17.8. The van der Waals surface area contributed by atoms with Crippen molar-refractivity contribution in [1.29, 1.82) is 0 Å². The molecule has 112 valence electrons. The molecule has 0 saturated carbocycles. The van der Waals surface area contributed by atoms with Crippen LogP contribution in [0.2, 0.25) is 0 Å². The average molecular weight is 283 g/mol. The topological polar surface area (TPSA) is 58.6 Å². The molecule has 1 rings (SSSR count). The summed E-state index contributed by atoms with van der Waals surface area (Å²) in [6, 6.07) is 6.16. The van der Waals surface area contributed by atoms with E-state index >= 15 is 0 Å². The molecule has 4 nitrogen and oxygen atoms in total. The van der Waals surface area contributed by atoms with Gasteiger partial charge in [-0.2, -0.15) is 0 Å². The lowest BCUT2D eigenvalue weighted by Crippen LogP contribution is -2.35. The van der Waals surface area contributed by atoms with Gasteiger partial charge in [-0.25, -0.2) is 4.39 Å². The van der Waals surface area contributed by atoms with Gasteiger partial charge in [-0.3, -0.25) is 4.79 Å². The minimum Gasteiger partial charge on any atom is -0.466 e. The van der Waals surface area contributed by atoms with Crippen LogP contribution in [0.1, 0.15) is 25.3 Å². The number of halogens is 1. The third-order valence-electron chi connectivity index (χ3n) is 2.88. The molecule has 0 fully saturated rings. The molecule has 0 aliphatic carbocycles. The maximum absolute atomic E-state index is 12.9. The molecule has 1 aromatic carbocycles. The Morgan fingerprint density at radius 1 is 1.40 bits per heavy atom. The molecule has 0 aliphatic heterocycles. The van der Waals surface area contributed by atoms with Crippen molar-refractivity contribution in [2.24, 2.45) is 0 Å². The van der Waals surface area contributed by atoms with E-state index < -0.39 is 0 Å². The van der Waals surface area contributed by atoms with E-state index in [-0.39, 0.29) is 30.9 Å². The Kier molecular flexibility index (Phi) is 7.84. The molecule has 2 N–H and O–H groups in total. The van der Waals surface area contributed by atoms with Crippen LogP contribution in [0.4, 0.5) is 4.39 Å². The summed E-state index contributed by atoms with van der Waals surface area (Å²) in [5.74, 6) is -0.528. The molecule has 0 aliphatic rings. The molecule has 0 saturated heterocycles. The van der Waals surface area contributed by atoms with Gasteiger partial charge in [0.25, 0.3) is 0 Å². The lowest BCUT2D eigenvalue weighted by Gasteiger charge is -2.18. The highest BCUT2D eigenvalue weighted by Crippen LogP contribution is 2.09. The largest absolute Gasteiger partial charge is 0.466 e. The predicted octanol–water partition coefficient (Wildman–Crippen LogP) is 1.66. The molecule has 0 bridgehead atoms. The third-order valence-corrected chi connectivity index (χ3v) is 2.88. The van der Waals surface area contributed by atoms with Gasteiger partial charge in [0.05, 0.1) is 13.0 Å². The van der Waals surface area contributed by atoms with Crippen LogP contribution in [0.5, 0.6) is 0 Å². The number of ether oxygens (including phenoxy) is 1. The molecule has 1 atom stereocenters. The van der Waals surface area contributed by atoms with Crippen LogP contribution in [0.3, 0.4) is 0 Å². The monoisotopic (exact) mass is 283 g/mol. The van der Waals surface area contributed by atoms with Crippen molar-refractivity contribution >= 4 is 5.97 Å². The van der Waals surface area contributed by atoms with Crippen molar-refractivity contribution in [2.75, 3.05) is 19.8 Å². The highest BCUT2D eigenvalue weighted by Gasteiger charge is 2.14. The summed E-state index contributed by atoms with van der Waals surface area (Å²) in [7, 11) is 0. The first kappa shape index (κ1) is 16.6. The van der Waals surface area contributed by atoms with Gasteiger partial charge in [-0.15, -0.1) is 0 Å². The Morgan fingerprint density at radius 2 is 2.10 bits per heavy atom. The number of aliphatic hydroxyl groups excluding tert-OH is 1. The molecule has 0 radical (unpaired) electrons. The summed E-state index contributed by atoms with van der Waals surface area (Å²) in [6.45, 7) is 2.86. The zero-order valence-electron chi connectivity index (χ0n) is 11.8. The smallest absolute Gasteiger partial charge is 0.307 e. The van der Waals surface area contributed by atoms with E-state index in [1.165, 1.54) is 12.1 Å². The molecular weight excluding hydrogens is 261 g/mol. The first-order valence-corrected chi connectivity index (χ1v) is 6.90. The molecule has 20 heavy (non-hydrogen) atoms. The van der Waals surface area contributed by atoms with Gasteiger partial charge >= 0.3 is 5.97 Å². The predicted molar refractivity (Wildman–Crippen MR) is 74.8 cm³/mol. The second-order valence-corrected chi connectivity index (χ2v) is 4.57. The molecule has 0 aromatic heterocycles. The van der Waals surface area contributed by atoms with Crippen LogP contribution in [0.15, 0.2) is 24.3 Å². The number of rotatable bonds is 9. The average Bonchev–Trinajstić information content (AvgIpc) is 2.42. The van der Waals surface area contributed by atoms with Gasteiger partial charge < -0.3 is 15.2 Å². The molecule has 0 spiro atoms. The summed E-state index contributed by atoms with van der Waals surface area (Å²) >= 11 is 0. The van der Waals surface area contributed by atoms with Crippen LogP contribution in [0, 0.1) is 5.82 Å². The summed E-state index contributed by atoms with van der Waals surface area (Å²) in [5, 5.41) is 12.0. The number of esters is 1. The van der Waals surface area contributed by atoms with Gasteiger partial charge in [0.15, 0.2) is 0 Å². The zero-order chi connectivity index (χ0) is 14.8. The highest BCUT2D eigenvalue weighted by molar-refractivity contribution is 5.70. The minimum absolute atomic E-state index is 0.0777. The Hall–Kier alpha value is -1.46. The van der Waals surface area contributed by atoms with Crippen molar-refractivity contribution in [3.63, 3.8) is 0 Å². The van der Waals surface area contributed by atoms with Crippen LogP contribution in [-0.4, -0.2) is 36.9 Å². The van der Waals surface area contributed by atoms with E-state index in [1.54, 1.807) is 19.1 Å². The number of hydrogen-bond acceptors (Lipinski definition) is 4. The van der Waals surface area contributed by atoms with E-state index in [0.29, 0.717) is 26.0 Å². The fraction of sp³-hybridized carbons (Fsp3) is 0.533. The van der Waals surface area contributed by atoms with Crippen LogP contribution in [0.25, 0.3) is 0 Å². The number of carbonyl (C=O) groups is 1. The van der Waals surface area contributed by atoms with Crippen molar-refractivity contribution in [1.82, 2.24) is 5.32 Å². The second kappa shape index (κ2) is 9.44. The highest BCUT2D eigenvalue weighted by atomic mass is 19.1. The number of nitrogens with one attached hydrogen (secondary N) is 1. The third kappa shape index (κ3) is 6.63. The van der Waals surface area contributed by atoms with Gasteiger partial charge in [-0.05, 0) is 44.0 Å². The van der Waals surface area contributed by atoms with Crippen LogP contribution < -0.4 is 5.32 Å². The molecule has 1 unspecified atom stereocenters. The van der Waals surface area contributed by atoms with Crippen LogP contribution in [-0.2, 0) is 16.0 Å². The molecular formula is C15H22FNO3. The van der Waals surface area contributed by atoms with Gasteiger partial charge in [0.2, 0.25) is 0 Å². The molecule has 0 amide bonds. The molecule has 0 heterocycles. The molecule has 1 aromatic rings. The lowest BCUT2D eigenvalue weighted by molar-refractivity contribution is -0.143. The second-order valence-electron chi connectivity index (χ2n) is 4.57. The Morgan fingerprint density at radius 3 is 2.70 bits per heavy atom.